The topological polar surface area (TPSA) is 73.8 Å². The third kappa shape index (κ3) is 4.86. The van der Waals surface area contributed by atoms with Gasteiger partial charge in [0.15, 0.2) is 0 Å². The van der Waals surface area contributed by atoms with Gasteiger partial charge in [-0.2, -0.15) is 11.8 Å². The molecule has 2 heterocycles. The molecule has 1 aliphatic heterocycles. The second-order valence-electron chi connectivity index (χ2n) is 5.73. The smallest absolute Gasteiger partial charge is 0.288 e. The first-order valence-corrected chi connectivity index (χ1v) is 10.3. The highest BCUT2D eigenvalue weighted by Gasteiger charge is 2.25. The Morgan fingerprint density at radius 2 is 2.15 bits per heavy atom. The van der Waals surface area contributed by atoms with Crippen molar-refractivity contribution in [1.82, 2.24) is 10.7 Å². The van der Waals surface area contributed by atoms with Gasteiger partial charge >= 0.3 is 0 Å². The van der Waals surface area contributed by atoms with Gasteiger partial charge in [-0.15, -0.1) is 11.3 Å². The van der Waals surface area contributed by atoms with E-state index in [4.69, 9.17) is 0 Å². The zero-order chi connectivity index (χ0) is 18.4. The molecule has 26 heavy (non-hydrogen) atoms. The highest BCUT2D eigenvalue weighted by molar-refractivity contribution is 7.98. The van der Waals surface area contributed by atoms with Gasteiger partial charge in [-0.25, -0.2) is 5.01 Å². The number of hydrogen-bond acceptors (Lipinski definition) is 6. The Morgan fingerprint density at radius 1 is 1.35 bits per heavy atom. The molecule has 0 atom stereocenters. The molecule has 8 heteroatoms. The second-order valence-corrected chi connectivity index (χ2v) is 7.87. The van der Waals surface area contributed by atoms with Crippen molar-refractivity contribution >= 4 is 46.4 Å². The normalized spacial score (nSPS) is 14.0. The lowest BCUT2D eigenvalue weighted by molar-refractivity contribution is -0.118. The van der Waals surface area contributed by atoms with Crippen molar-refractivity contribution in [3.8, 4) is 0 Å². The highest BCUT2D eigenvalue weighted by Crippen LogP contribution is 2.17. The van der Waals surface area contributed by atoms with Crippen LogP contribution in [0.5, 0.6) is 0 Å². The molecule has 2 N–H and O–H groups in total. The van der Waals surface area contributed by atoms with E-state index in [1.807, 2.05) is 37.3 Å². The van der Waals surface area contributed by atoms with Gasteiger partial charge in [0.2, 0.25) is 5.84 Å². The third-order valence-corrected chi connectivity index (χ3v) is 5.77. The molecule has 0 aliphatic carbocycles. The van der Waals surface area contributed by atoms with Crippen molar-refractivity contribution in [2.24, 2.45) is 4.99 Å². The van der Waals surface area contributed by atoms with Crippen LogP contribution >= 0.6 is 23.1 Å². The average Bonchev–Trinajstić information content (AvgIpc) is 3.16. The zero-order valence-electron chi connectivity index (χ0n) is 14.4. The van der Waals surface area contributed by atoms with E-state index >= 15 is 0 Å². The summed E-state index contributed by atoms with van der Waals surface area (Å²) in [6.07, 6.45) is 0. The summed E-state index contributed by atoms with van der Waals surface area (Å²) in [6, 6.07) is 11.6. The van der Waals surface area contributed by atoms with E-state index in [9.17, 15) is 9.59 Å². The fourth-order valence-electron chi connectivity index (χ4n) is 2.33. The van der Waals surface area contributed by atoms with Crippen LogP contribution in [0.3, 0.4) is 0 Å². The Kier molecular flexibility index (Phi) is 6.30. The first-order valence-electron chi connectivity index (χ1n) is 8.22. The molecule has 0 fully saturated rings. The highest BCUT2D eigenvalue weighted by atomic mass is 32.2. The molecule has 0 spiro atoms. The number of anilines is 1. The standard InChI is InChI=1S/C18H20N4O2S2/c1-13-4-6-14(7-5-13)22-16(23)11-20-17(21-22)18(24)19-8-10-25-12-15-3-2-9-26-15/h2-7,9H,8,10-12H2,1H3,(H,19,24)(H,20,21). The predicted octanol–water partition coefficient (Wildman–Crippen LogP) is 2.36. The van der Waals surface area contributed by atoms with Crippen molar-refractivity contribution in [3.05, 3.63) is 52.2 Å². The van der Waals surface area contributed by atoms with Crippen LogP contribution in [0.2, 0.25) is 0 Å². The Bertz CT molecular complexity index is 788. The van der Waals surface area contributed by atoms with Gasteiger partial charge in [0.05, 0.1) is 5.69 Å². The number of rotatable bonds is 7. The van der Waals surface area contributed by atoms with E-state index < -0.39 is 0 Å². The van der Waals surface area contributed by atoms with Crippen LogP contribution in [0, 0.1) is 6.92 Å². The number of aliphatic imine (C=N–C) groups is 1. The molecule has 0 saturated heterocycles. The number of carbonyl (C=O) groups is 2. The van der Waals surface area contributed by atoms with Crippen LogP contribution in [0.15, 0.2) is 46.8 Å². The average molecular weight is 389 g/mol. The molecule has 136 valence electrons. The molecule has 3 rings (SSSR count). The van der Waals surface area contributed by atoms with Crippen molar-refractivity contribution in [1.29, 1.82) is 0 Å². The zero-order valence-corrected chi connectivity index (χ0v) is 16.0. The first-order chi connectivity index (χ1) is 12.6. The maximum Gasteiger partial charge on any atom is 0.288 e. The number of benzene rings is 1. The summed E-state index contributed by atoms with van der Waals surface area (Å²) in [7, 11) is 0. The van der Waals surface area contributed by atoms with Gasteiger partial charge < -0.3 is 5.32 Å². The van der Waals surface area contributed by atoms with E-state index in [-0.39, 0.29) is 24.2 Å². The minimum Gasteiger partial charge on any atom is -0.349 e. The lowest BCUT2D eigenvalue weighted by atomic mass is 10.2. The molecule has 0 radical (unpaired) electrons. The molecule has 2 aromatic rings. The van der Waals surface area contributed by atoms with Crippen LogP contribution in [0.25, 0.3) is 0 Å². The van der Waals surface area contributed by atoms with Crippen LogP contribution in [0.1, 0.15) is 10.4 Å². The van der Waals surface area contributed by atoms with Gasteiger partial charge in [-0.3, -0.25) is 20.0 Å². The Hall–Kier alpha value is -2.32. The molecule has 0 bridgehead atoms. The lowest BCUT2D eigenvalue weighted by Crippen LogP contribution is -2.55. The van der Waals surface area contributed by atoms with Gasteiger partial charge in [-0.1, -0.05) is 23.8 Å². The Morgan fingerprint density at radius 3 is 2.88 bits per heavy atom. The molecule has 2 amide bonds. The number of thiophene rings is 1. The number of nitrogens with one attached hydrogen (secondary N) is 2. The van der Waals surface area contributed by atoms with Crippen LogP contribution in [-0.4, -0.2) is 36.5 Å². The fourth-order valence-corrected chi connectivity index (χ4v) is 4.03. The quantitative estimate of drug-likeness (QED) is 0.714. The summed E-state index contributed by atoms with van der Waals surface area (Å²) in [5, 5.41) is 6.27. The molecular formula is C18H20N4O2S2. The van der Waals surface area contributed by atoms with Crippen molar-refractivity contribution in [2.45, 2.75) is 12.7 Å². The Labute approximate surface area is 160 Å². The molecule has 1 aromatic heterocycles. The number of nitrogens with zero attached hydrogens (tertiary/aromatic N) is 2. The third-order valence-electron chi connectivity index (χ3n) is 3.70. The van der Waals surface area contributed by atoms with E-state index in [1.165, 1.54) is 9.89 Å². The minimum absolute atomic E-state index is 0.0449. The maximum atomic E-state index is 12.3. The number of thioether (sulfide) groups is 1. The van der Waals surface area contributed by atoms with Crippen LogP contribution < -0.4 is 15.8 Å². The summed E-state index contributed by atoms with van der Waals surface area (Å²) in [4.78, 5) is 29.7. The van der Waals surface area contributed by atoms with Gasteiger partial charge in [0, 0.05) is 22.9 Å². The largest absolute Gasteiger partial charge is 0.349 e. The number of carbonyl (C=O) groups excluding carboxylic acids is 2. The fraction of sp³-hybridized carbons (Fsp3) is 0.278. The number of hydrogen-bond donors (Lipinski definition) is 2. The molecule has 1 aliphatic rings. The predicted molar refractivity (Wildman–Crippen MR) is 108 cm³/mol. The minimum atomic E-state index is -0.300. The monoisotopic (exact) mass is 388 g/mol. The van der Waals surface area contributed by atoms with E-state index in [0.29, 0.717) is 12.2 Å². The van der Waals surface area contributed by atoms with Crippen LogP contribution in [0.4, 0.5) is 5.69 Å². The SMILES string of the molecule is Cc1ccc(N2NC(C(=O)NCCSCc3cccs3)=NCC2=O)cc1. The lowest BCUT2D eigenvalue weighted by Gasteiger charge is -2.27. The van der Waals surface area contributed by atoms with Crippen molar-refractivity contribution in [2.75, 3.05) is 23.9 Å². The second kappa shape index (κ2) is 8.86. The molecule has 1 aromatic carbocycles. The first kappa shape index (κ1) is 18.5. The van der Waals surface area contributed by atoms with Crippen LogP contribution in [-0.2, 0) is 15.3 Å². The number of amides is 2. The van der Waals surface area contributed by atoms with Gasteiger partial charge in [-0.05, 0) is 30.5 Å². The number of amidine groups is 1. The number of aryl methyl sites for hydroxylation is 1. The summed E-state index contributed by atoms with van der Waals surface area (Å²) in [5.74, 6) is 1.43. The van der Waals surface area contributed by atoms with E-state index in [2.05, 4.69) is 27.2 Å². The van der Waals surface area contributed by atoms with E-state index in [1.54, 1.807) is 23.1 Å². The van der Waals surface area contributed by atoms with Crippen molar-refractivity contribution < 1.29 is 9.59 Å². The molecule has 0 unspecified atom stereocenters. The molecule has 6 nitrogen and oxygen atoms in total. The summed E-state index contributed by atoms with van der Waals surface area (Å²) in [6.45, 7) is 2.48. The van der Waals surface area contributed by atoms with Gasteiger partial charge in [0.25, 0.3) is 11.8 Å². The summed E-state index contributed by atoms with van der Waals surface area (Å²) >= 11 is 3.50. The van der Waals surface area contributed by atoms with Crippen molar-refractivity contribution in [3.63, 3.8) is 0 Å². The maximum absolute atomic E-state index is 12.3. The number of hydrazine groups is 1. The molecule has 0 saturated carbocycles. The summed E-state index contributed by atoms with van der Waals surface area (Å²) in [5.41, 5.74) is 4.61. The van der Waals surface area contributed by atoms with Gasteiger partial charge in [0.1, 0.15) is 6.54 Å². The Balaban J connectivity index is 1.48. The van der Waals surface area contributed by atoms with E-state index in [0.717, 1.165) is 17.1 Å². The molecular weight excluding hydrogens is 368 g/mol. The summed E-state index contributed by atoms with van der Waals surface area (Å²) < 4.78 is 0.